The SMILES string of the molecule is C=C(C)CN(C)C(=O)c1sc2c(c(C)nn2C)c1N. The zero-order valence-electron chi connectivity index (χ0n) is 11.6. The Labute approximate surface area is 116 Å². The molecule has 0 radical (unpaired) electrons. The molecule has 0 saturated heterocycles. The molecule has 2 aromatic rings. The Morgan fingerprint density at radius 1 is 1.58 bits per heavy atom. The molecule has 0 saturated carbocycles. The molecule has 2 aromatic heterocycles. The van der Waals surface area contributed by atoms with Crippen molar-refractivity contribution in [3.05, 3.63) is 22.7 Å². The molecule has 0 aliphatic rings. The van der Waals surface area contributed by atoms with E-state index in [-0.39, 0.29) is 5.91 Å². The minimum absolute atomic E-state index is 0.0684. The lowest BCUT2D eigenvalue weighted by Gasteiger charge is -2.16. The van der Waals surface area contributed by atoms with Gasteiger partial charge < -0.3 is 10.6 Å². The molecular weight excluding hydrogens is 260 g/mol. The fourth-order valence-electron chi connectivity index (χ4n) is 2.14. The number of aromatic nitrogens is 2. The van der Waals surface area contributed by atoms with Crippen molar-refractivity contribution in [1.82, 2.24) is 14.7 Å². The number of carbonyl (C=O) groups is 1. The minimum atomic E-state index is -0.0684. The highest BCUT2D eigenvalue weighted by Gasteiger charge is 2.23. The predicted octanol–water partition coefficient (Wildman–Crippen LogP) is 2.17. The van der Waals surface area contributed by atoms with Crippen molar-refractivity contribution >= 4 is 33.1 Å². The number of rotatable bonds is 3. The Bertz CT molecular complexity index is 668. The van der Waals surface area contributed by atoms with Gasteiger partial charge in [0.1, 0.15) is 9.71 Å². The van der Waals surface area contributed by atoms with Gasteiger partial charge in [-0.3, -0.25) is 9.48 Å². The number of nitrogens with two attached hydrogens (primary N) is 1. The second kappa shape index (κ2) is 4.70. The van der Waals surface area contributed by atoms with E-state index in [1.165, 1.54) is 11.3 Å². The molecule has 0 fully saturated rings. The maximum atomic E-state index is 12.4. The van der Waals surface area contributed by atoms with Crippen molar-refractivity contribution in [2.24, 2.45) is 7.05 Å². The molecule has 0 bridgehead atoms. The molecule has 0 unspecified atom stereocenters. The number of nitrogen functional groups attached to an aromatic ring is 1. The quantitative estimate of drug-likeness (QED) is 0.875. The number of anilines is 1. The molecule has 19 heavy (non-hydrogen) atoms. The predicted molar refractivity (Wildman–Crippen MR) is 79.5 cm³/mol. The van der Waals surface area contributed by atoms with Crippen LogP contribution in [0.1, 0.15) is 22.3 Å². The Morgan fingerprint density at radius 3 is 2.74 bits per heavy atom. The minimum Gasteiger partial charge on any atom is -0.397 e. The van der Waals surface area contributed by atoms with E-state index in [4.69, 9.17) is 5.73 Å². The largest absolute Gasteiger partial charge is 0.397 e. The smallest absolute Gasteiger partial charge is 0.266 e. The van der Waals surface area contributed by atoms with E-state index >= 15 is 0 Å². The second-order valence-corrected chi connectivity index (χ2v) is 5.85. The monoisotopic (exact) mass is 278 g/mol. The summed E-state index contributed by atoms with van der Waals surface area (Å²) in [6, 6.07) is 0. The highest BCUT2D eigenvalue weighted by Crippen LogP contribution is 2.36. The van der Waals surface area contributed by atoms with Gasteiger partial charge >= 0.3 is 0 Å². The van der Waals surface area contributed by atoms with E-state index in [0.717, 1.165) is 21.5 Å². The lowest BCUT2D eigenvalue weighted by atomic mass is 10.2. The van der Waals surface area contributed by atoms with Crippen LogP contribution in [0.5, 0.6) is 0 Å². The van der Waals surface area contributed by atoms with Crippen LogP contribution in [0, 0.1) is 6.92 Å². The van der Waals surface area contributed by atoms with Crippen LogP contribution in [-0.2, 0) is 7.05 Å². The molecule has 0 aliphatic carbocycles. The lowest BCUT2D eigenvalue weighted by Crippen LogP contribution is -2.28. The summed E-state index contributed by atoms with van der Waals surface area (Å²) >= 11 is 1.39. The topological polar surface area (TPSA) is 64.2 Å². The molecule has 0 spiro atoms. The van der Waals surface area contributed by atoms with Gasteiger partial charge in [-0.25, -0.2) is 0 Å². The maximum Gasteiger partial charge on any atom is 0.266 e. The van der Waals surface area contributed by atoms with Crippen LogP contribution in [0.25, 0.3) is 10.2 Å². The number of aryl methyl sites for hydroxylation is 2. The van der Waals surface area contributed by atoms with Gasteiger partial charge in [-0.15, -0.1) is 11.3 Å². The van der Waals surface area contributed by atoms with Crippen LogP contribution in [0.4, 0.5) is 5.69 Å². The molecule has 2 heterocycles. The summed E-state index contributed by atoms with van der Waals surface area (Å²) in [5.41, 5.74) is 8.43. The van der Waals surface area contributed by atoms with Crippen LogP contribution in [0.2, 0.25) is 0 Å². The van der Waals surface area contributed by atoms with E-state index in [9.17, 15) is 4.79 Å². The van der Waals surface area contributed by atoms with Crippen LogP contribution >= 0.6 is 11.3 Å². The summed E-state index contributed by atoms with van der Waals surface area (Å²) < 4.78 is 1.77. The molecule has 2 rings (SSSR count). The van der Waals surface area contributed by atoms with Crippen molar-refractivity contribution in [1.29, 1.82) is 0 Å². The zero-order valence-corrected chi connectivity index (χ0v) is 12.5. The van der Waals surface area contributed by atoms with Crippen molar-refractivity contribution in [3.63, 3.8) is 0 Å². The number of hydrogen-bond acceptors (Lipinski definition) is 4. The molecule has 0 aromatic carbocycles. The van der Waals surface area contributed by atoms with E-state index < -0.39 is 0 Å². The number of thiophene rings is 1. The highest BCUT2D eigenvalue weighted by atomic mass is 32.1. The number of hydrogen-bond donors (Lipinski definition) is 1. The molecule has 5 nitrogen and oxygen atoms in total. The first-order chi connectivity index (χ1) is 8.82. The molecule has 6 heteroatoms. The van der Waals surface area contributed by atoms with Crippen molar-refractivity contribution in [3.8, 4) is 0 Å². The average Bonchev–Trinajstić information content (AvgIpc) is 2.77. The molecule has 1 amide bonds. The lowest BCUT2D eigenvalue weighted by molar-refractivity contribution is 0.0812. The first-order valence-corrected chi connectivity index (χ1v) is 6.76. The number of fused-ring (bicyclic) bond motifs is 1. The van der Waals surface area contributed by atoms with Gasteiger partial charge in [0.25, 0.3) is 5.91 Å². The Hall–Kier alpha value is -1.82. The number of likely N-dealkylation sites (N-methyl/N-ethyl adjacent to an activating group) is 1. The average molecular weight is 278 g/mol. The van der Waals surface area contributed by atoms with Crippen molar-refractivity contribution in [2.75, 3.05) is 19.3 Å². The van der Waals surface area contributed by atoms with E-state index in [0.29, 0.717) is 17.1 Å². The van der Waals surface area contributed by atoms with E-state index in [1.807, 2.05) is 20.9 Å². The molecular formula is C13H18N4OS. The Kier molecular flexibility index (Phi) is 3.36. The Morgan fingerprint density at radius 2 is 2.21 bits per heavy atom. The zero-order chi connectivity index (χ0) is 14.3. The van der Waals surface area contributed by atoms with Gasteiger partial charge in [0.15, 0.2) is 0 Å². The summed E-state index contributed by atoms with van der Waals surface area (Å²) in [5.74, 6) is -0.0684. The number of nitrogens with zero attached hydrogens (tertiary/aromatic N) is 3. The first-order valence-electron chi connectivity index (χ1n) is 5.94. The Balaban J connectivity index is 2.46. The van der Waals surface area contributed by atoms with Crippen LogP contribution in [-0.4, -0.2) is 34.2 Å². The van der Waals surface area contributed by atoms with Gasteiger partial charge in [0.2, 0.25) is 0 Å². The number of carbonyl (C=O) groups excluding carboxylic acids is 1. The summed E-state index contributed by atoms with van der Waals surface area (Å²) in [4.78, 5) is 15.5. The summed E-state index contributed by atoms with van der Waals surface area (Å²) in [7, 11) is 3.61. The van der Waals surface area contributed by atoms with E-state index in [2.05, 4.69) is 11.7 Å². The standard InChI is InChI=1S/C13H18N4OS/c1-7(2)6-16(4)12(18)11-10(14)9-8(3)15-17(5)13(9)19-11/h1,6,14H2,2-5H3. The van der Waals surface area contributed by atoms with Gasteiger partial charge in [-0.05, 0) is 13.8 Å². The third-order valence-corrected chi connectivity index (χ3v) is 4.19. The normalized spacial score (nSPS) is 10.9. The highest BCUT2D eigenvalue weighted by molar-refractivity contribution is 7.21. The fraction of sp³-hybridized carbons (Fsp3) is 0.385. The summed E-state index contributed by atoms with van der Waals surface area (Å²) in [6.45, 7) is 8.15. The third kappa shape index (κ3) is 2.23. The molecule has 0 aliphatic heterocycles. The van der Waals surface area contributed by atoms with Gasteiger partial charge in [-0.1, -0.05) is 12.2 Å². The first kappa shape index (κ1) is 13.6. The maximum absolute atomic E-state index is 12.4. The third-order valence-electron chi connectivity index (χ3n) is 2.93. The summed E-state index contributed by atoms with van der Waals surface area (Å²) in [6.07, 6.45) is 0. The van der Waals surface area contributed by atoms with Crippen LogP contribution in [0.15, 0.2) is 12.2 Å². The summed E-state index contributed by atoms with van der Waals surface area (Å²) in [5, 5.41) is 5.20. The van der Waals surface area contributed by atoms with Gasteiger partial charge in [-0.2, -0.15) is 5.10 Å². The molecule has 2 N–H and O–H groups in total. The van der Waals surface area contributed by atoms with Gasteiger partial charge in [0.05, 0.1) is 16.8 Å². The molecule has 0 atom stereocenters. The van der Waals surface area contributed by atoms with Crippen LogP contribution in [0.3, 0.4) is 0 Å². The van der Waals surface area contributed by atoms with Crippen molar-refractivity contribution in [2.45, 2.75) is 13.8 Å². The molecule has 102 valence electrons. The van der Waals surface area contributed by atoms with Crippen molar-refractivity contribution < 1.29 is 4.79 Å². The number of amides is 1. The second-order valence-electron chi connectivity index (χ2n) is 4.85. The van der Waals surface area contributed by atoms with Gasteiger partial charge in [0, 0.05) is 20.6 Å². The van der Waals surface area contributed by atoms with E-state index in [1.54, 1.807) is 16.6 Å². The van der Waals surface area contributed by atoms with Crippen LogP contribution < -0.4 is 5.73 Å². The fourth-order valence-corrected chi connectivity index (χ4v) is 3.32.